The number of likely N-dealkylation sites (tertiary alicyclic amines) is 1. The Kier molecular flexibility index (Phi) is 6.89. The van der Waals surface area contributed by atoms with Crippen LogP contribution < -0.4 is 5.32 Å². The second-order valence-corrected chi connectivity index (χ2v) is 7.98. The van der Waals surface area contributed by atoms with Crippen LogP contribution in [0.4, 0.5) is 4.79 Å². The Morgan fingerprint density at radius 2 is 2.00 bits per heavy atom. The van der Waals surface area contributed by atoms with Crippen molar-refractivity contribution in [3.8, 4) is 0 Å². The summed E-state index contributed by atoms with van der Waals surface area (Å²) in [6.45, 7) is 8.61. The molecule has 0 saturated carbocycles. The van der Waals surface area contributed by atoms with E-state index in [9.17, 15) is 4.79 Å². The highest BCUT2D eigenvalue weighted by Crippen LogP contribution is 2.19. The van der Waals surface area contributed by atoms with E-state index in [2.05, 4.69) is 22.4 Å². The largest absolute Gasteiger partial charge is 0.444 e. The fourth-order valence-corrected chi connectivity index (χ4v) is 2.83. The first-order valence-electron chi connectivity index (χ1n) is 9.22. The summed E-state index contributed by atoms with van der Waals surface area (Å²) in [6.07, 6.45) is 0.761. The fraction of sp³-hybridized carbons (Fsp3) is 0.600. The molecular weight excluding hydrogens is 328 g/mol. The maximum atomic E-state index is 12.2. The van der Waals surface area contributed by atoms with Crippen LogP contribution in [0, 0.1) is 5.92 Å². The van der Waals surface area contributed by atoms with Crippen LogP contribution in [0.15, 0.2) is 35.3 Å². The van der Waals surface area contributed by atoms with E-state index in [1.165, 1.54) is 5.56 Å². The number of carbonyl (C=O) groups excluding carboxylic acids is 1. The molecule has 0 spiro atoms. The molecule has 6 nitrogen and oxygen atoms in total. The van der Waals surface area contributed by atoms with Crippen molar-refractivity contribution in [2.24, 2.45) is 10.9 Å². The van der Waals surface area contributed by atoms with Crippen molar-refractivity contribution in [1.82, 2.24) is 15.1 Å². The smallest absolute Gasteiger partial charge is 0.410 e. The molecule has 2 rings (SSSR count). The summed E-state index contributed by atoms with van der Waals surface area (Å²) in [5.74, 6) is 1.27. The third kappa shape index (κ3) is 6.58. The molecule has 1 saturated heterocycles. The van der Waals surface area contributed by atoms with Crippen LogP contribution in [0.5, 0.6) is 0 Å². The van der Waals surface area contributed by atoms with Crippen molar-refractivity contribution in [2.45, 2.75) is 39.3 Å². The van der Waals surface area contributed by atoms with Gasteiger partial charge in [0.2, 0.25) is 0 Å². The summed E-state index contributed by atoms with van der Waals surface area (Å²) in [6, 6.07) is 10.2. The van der Waals surface area contributed by atoms with E-state index in [1.54, 1.807) is 4.90 Å². The van der Waals surface area contributed by atoms with Crippen molar-refractivity contribution in [2.75, 3.05) is 33.7 Å². The zero-order chi connectivity index (χ0) is 19.2. The first-order valence-corrected chi connectivity index (χ1v) is 9.22. The molecule has 1 aromatic carbocycles. The van der Waals surface area contributed by atoms with Crippen LogP contribution >= 0.6 is 0 Å². The lowest BCUT2D eigenvalue weighted by atomic mass is 10.1. The third-order valence-corrected chi connectivity index (χ3v) is 4.16. The van der Waals surface area contributed by atoms with Crippen LogP contribution in [0.1, 0.15) is 32.8 Å². The van der Waals surface area contributed by atoms with E-state index in [4.69, 9.17) is 4.74 Å². The topological polar surface area (TPSA) is 57.2 Å². The highest BCUT2D eigenvalue weighted by atomic mass is 16.6. The van der Waals surface area contributed by atoms with Gasteiger partial charge < -0.3 is 19.9 Å². The molecule has 1 heterocycles. The number of amides is 1. The molecule has 1 aromatic rings. The summed E-state index contributed by atoms with van der Waals surface area (Å²) in [5, 5.41) is 3.44. The first kappa shape index (κ1) is 20.1. The van der Waals surface area contributed by atoms with Gasteiger partial charge in [-0.1, -0.05) is 30.3 Å². The lowest BCUT2D eigenvalue weighted by Gasteiger charge is -2.24. The maximum Gasteiger partial charge on any atom is 0.410 e. The van der Waals surface area contributed by atoms with E-state index in [-0.39, 0.29) is 6.09 Å². The van der Waals surface area contributed by atoms with Crippen molar-refractivity contribution >= 4 is 12.1 Å². The number of guanidine groups is 1. The minimum atomic E-state index is -0.449. The van der Waals surface area contributed by atoms with Crippen LogP contribution in [-0.4, -0.2) is 61.2 Å². The molecule has 0 bridgehead atoms. The summed E-state index contributed by atoms with van der Waals surface area (Å²) >= 11 is 0. The number of ether oxygens (including phenoxy) is 1. The van der Waals surface area contributed by atoms with Crippen LogP contribution in [0.3, 0.4) is 0 Å². The van der Waals surface area contributed by atoms with Gasteiger partial charge in [0.05, 0.1) is 6.54 Å². The highest BCUT2D eigenvalue weighted by molar-refractivity contribution is 5.79. The van der Waals surface area contributed by atoms with Crippen LogP contribution in [0.25, 0.3) is 0 Å². The summed E-state index contributed by atoms with van der Waals surface area (Å²) in [5.41, 5.74) is 0.737. The average molecular weight is 361 g/mol. The second kappa shape index (κ2) is 8.92. The lowest BCUT2D eigenvalue weighted by molar-refractivity contribution is 0.0288. The van der Waals surface area contributed by atoms with Gasteiger partial charge in [0.25, 0.3) is 0 Å². The lowest BCUT2D eigenvalue weighted by Crippen LogP contribution is -2.40. The molecule has 6 heteroatoms. The van der Waals surface area contributed by atoms with Gasteiger partial charge in [0.1, 0.15) is 5.60 Å². The SMILES string of the molecule is CN(C)C(=NCc1ccccc1)NCC1CCN(C(=O)OC(C)(C)C)C1. The zero-order valence-corrected chi connectivity index (χ0v) is 16.7. The number of nitrogens with one attached hydrogen (secondary N) is 1. The molecule has 1 aliphatic heterocycles. The Morgan fingerprint density at radius 3 is 2.62 bits per heavy atom. The molecule has 1 aliphatic rings. The molecule has 1 amide bonds. The van der Waals surface area contributed by atoms with Gasteiger partial charge in [-0.3, -0.25) is 0 Å². The number of benzene rings is 1. The van der Waals surface area contributed by atoms with Crippen molar-refractivity contribution in [3.63, 3.8) is 0 Å². The van der Waals surface area contributed by atoms with E-state index in [0.29, 0.717) is 12.5 Å². The number of hydrogen-bond acceptors (Lipinski definition) is 3. The van der Waals surface area contributed by atoms with Gasteiger partial charge >= 0.3 is 6.09 Å². The quantitative estimate of drug-likeness (QED) is 0.662. The van der Waals surface area contributed by atoms with E-state index >= 15 is 0 Å². The maximum absolute atomic E-state index is 12.2. The molecule has 1 unspecified atom stereocenters. The van der Waals surface area contributed by atoms with E-state index < -0.39 is 5.60 Å². The number of hydrogen-bond donors (Lipinski definition) is 1. The molecule has 26 heavy (non-hydrogen) atoms. The number of rotatable bonds is 4. The second-order valence-electron chi connectivity index (χ2n) is 7.98. The Balaban J connectivity index is 1.83. The summed E-state index contributed by atoms with van der Waals surface area (Å²) in [4.78, 5) is 20.6. The molecule has 0 aromatic heterocycles. The molecule has 0 radical (unpaired) electrons. The fourth-order valence-electron chi connectivity index (χ4n) is 2.83. The summed E-state index contributed by atoms with van der Waals surface area (Å²) in [7, 11) is 3.97. The monoisotopic (exact) mass is 360 g/mol. The number of carbonyl (C=O) groups is 1. The van der Waals surface area contributed by atoms with E-state index in [0.717, 1.165) is 32.0 Å². The van der Waals surface area contributed by atoms with Gasteiger partial charge in [-0.2, -0.15) is 0 Å². The van der Waals surface area contributed by atoms with E-state index in [1.807, 2.05) is 58.0 Å². The van der Waals surface area contributed by atoms with Gasteiger partial charge in [-0.05, 0) is 38.7 Å². The molecule has 1 atom stereocenters. The number of aliphatic imine (C=N–C) groups is 1. The predicted molar refractivity (Wildman–Crippen MR) is 105 cm³/mol. The minimum absolute atomic E-state index is 0.217. The van der Waals surface area contributed by atoms with Crippen molar-refractivity contribution in [1.29, 1.82) is 0 Å². The van der Waals surface area contributed by atoms with Gasteiger partial charge in [-0.15, -0.1) is 0 Å². The molecule has 0 aliphatic carbocycles. The van der Waals surface area contributed by atoms with Gasteiger partial charge in [0, 0.05) is 33.7 Å². The van der Waals surface area contributed by atoms with Gasteiger partial charge in [0.15, 0.2) is 5.96 Å². The normalized spacial score (nSPS) is 18.0. The Hall–Kier alpha value is -2.24. The number of nitrogens with zero attached hydrogens (tertiary/aromatic N) is 3. The Morgan fingerprint density at radius 1 is 1.31 bits per heavy atom. The average Bonchev–Trinajstić information content (AvgIpc) is 3.03. The van der Waals surface area contributed by atoms with Crippen molar-refractivity contribution in [3.05, 3.63) is 35.9 Å². The Bertz CT molecular complexity index is 608. The molecule has 1 fully saturated rings. The summed E-state index contributed by atoms with van der Waals surface area (Å²) < 4.78 is 5.46. The van der Waals surface area contributed by atoms with Crippen molar-refractivity contribution < 1.29 is 9.53 Å². The highest BCUT2D eigenvalue weighted by Gasteiger charge is 2.29. The predicted octanol–water partition coefficient (Wildman–Crippen LogP) is 2.95. The van der Waals surface area contributed by atoms with Crippen LogP contribution in [0.2, 0.25) is 0 Å². The Labute approximate surface area is 157 Å². The zero-order valence-electron chi connectivity index (χ0n) is 16.7. The standard InChI is InChI=1S/C20H32N4O2/c1-20(2,3)26-19(25)24-12-11-17(15-24)14-22-18(23(4)5)21-13-16-9-7-6-8-10-16/h6-10,17H,11-15H2,1-5H3,(H,21,22). The van der Waals surface area contributed by atoms with Gasteiger partial charge in [-0.25, -0.2) is 9.79 Å². The molecule has 144 valence electrons. The van der Waals surface area contributed by atoms with Crippen LogP contribution in [-0.2, 0) is 11.3 Å². The first-order chi connectivity index (χ1) is 12.2. The molecule has 1 N–H and O–H groups in total. The third-order valence-electron chi connectivity index (χ3n) is 4.16. The minimum Gasteiger partial charge on any atom is -0.444 e. The molecular formula is C20H32N4O2.